The summed E-state index contributed by atoms with van der Waals surface area (Å²) in [6.07, 6.45) is 8.27. The zero-order chi connectivity index (χ0) is 16.9. The molecule has 132 valence electrons. The molecule has 2 N–H and O–H groups in total. The van der Waals surface area contributed by atoms with E-state index in [0.29, 0.717) is 17.5 Å². The molecule has 0 aliphatic heterocycles. The lowest BCUT2D eigenvalue weighted by Crippen LogP contribution is -2.62. The van der Waals surface area contributed by atoms with Crippen molar-refractivity contribution in [2.24, 2.45) is 17.3 Å². The molecule has 24 heavy (non-hydrogen) atoms. The van der Waals surface area contributed by atoms with E-state index in [0.717, 1.165) is 37.5 Å². The SMILES string of the molecule is Cc1ccc(C[C@H](C)N[C@@H](C)C23C[C@@H]4C[C@@H](CC(O)(C4)C2)C3)cc1. The van der Waals surface area contributed by atoms with Gasteiger partial charge in [0.25, 0.3) is 0 Å². The van der Waals surface area contributed by atoms with Crippen LogP contribution in [0.3, 0.4) is 0 Å². The molecule has 5 rings (SSSR count). The lowest BCUT2D eigenvalue weighted by Gasteiger charge is -2.62. The number of nitrogens with one attached hydrogen (secondary N) is 1. The van der Waals surface area contributed by atoms with E-state index >= 15 is 0 Å². The van der Waals surface area contributed by atoms with Gasteiger partial charge in [0.2, 0.25) is 0 Å². The molecule has 1 aromatic carbocycles. The third-order valence-electron chi connectivity index (χ3n) is 7.19. The molecule has 2 nitrogen and oxygen atoms in total. The molecular formula is C22H33NO. The molecule has 4 fully saturated rings. The van der Waals surface area contributed by atoms with E-state index in [-0.39, 0.29) is 5.60 Å². The van der Waals surface area contributed by atoms with Crippen LogP contribution >= 0.6 is 0 Å². The fraction of sp³-hybridized carbons (Fsp3) is 0.727. The molecule has 4 aliphatic rings. The summed E-state index contributed by atoms with van der Waals surface area (Å²) in [5, 5.41) is 14.9. The van der Waals surface area contributed by atoms with Crippen molar-refractivity contribution in [3.05, 3.63) is 35.4 Å². The largest absolute Gasteiger partial charge is 0.390 e. The van der Waals surface area contributed by atoms with Crippen molar-refractivity contribution >= 4 is 0 Å². The summed E-state index contributed by atoms with van der Waals surface area (Å²) in [6, 6.07) is 9.90. The lowest BCUT2D eigenvalue weighted by molar-refractivity contribution is -0.172. The van der Waals surface area contributed by atoms with Crippen LogP contribution in [0, 0.1) is 24.2 Å². The maximum absolute atomic E-state index is 11.0. The monoisotopic (exact) mass is 327 g/mol. The van der Waals surface area contributed by atoms with Crippen LogP contribution in [0.1, 0.15) is 63.5 Å². The second-order valence-corrected chi connectivity index (χ2v) is 9.53. The third-order valence-corrected chi connectivity index (χ3v) is 7.19. The molecule has 1 aromatic rings. The Kier molecular flexibility index (Phi) is 4.04. The summed E-state index contributed by atoms with van der Waals surface area (Å²) < 4.78 is 0. The highest BCUT2D eigenvalue weighted by Crippen LogP contribution is 2.62. The zero-order valence-electron chi connectivity index (χ0n) is 15.5. The summed E-state index contributed by atoms with van der Waals surface area (Å²) in [7, 11) is 0. The first-order chi connectivity index (χ1) is 11.4. The number of hydrogen-bond acceptors (Lipinski definition) is 2. The van der Waals surface area contributed by atoms with E-state index in [4.69, 9.17) is 0 Å². The van der Waals surface area contributed by atoms with Crippen molar-refractivity contribution in [1.82, 2.24) is 5.32 Å². The number of aliphatic hydroxyl groups is 1. The minimum absolute atomic E-state index is 0.334. The van der Waals surface area contributed by atoms with Gasteiger partial charge in [0.1, 0.15) is 0 Å². The summed E-state index contributed by atoms with van der Waals surface area (Å²) in [4.78, 5) is 0. The minimum atomic E-state index is -0.347. The van der Waals surface area contributed by atoms with E-state index in [9.17, 15) is 5.11 Å². The molecular weight excluding hydrogens is 294 g/mol. The standard InChI is InChI=1S/C22H33NO/c1-15-4-6-18(7-5-15)8-16(2)23-17(3)21-10-19-9-20(11-21)13-22(24,12-19)14-21/h4-7,16-17,19-20,23-24H,8-14H2,1-3H3/t16-,17-,19-,20+,21?,22?/m0/s1. The first-order valence-corrected chi connectivity index (χ1v) is 9.90. The normalized spacial score (nSPS) is 39.8. The van der Waals surface area contributed by atoms with Crippen LogP contribution in [0.5, 0.6) is 0 Å². The van der Waals surface area contributed by atoms with E-state index < -0.39 is 0 Å². The molecule has 0 radical (unpaired) electrons. The molecule has 0 aromatic heterocycles. The predicted molar refractivity (Wildman–Crippen MR) is 99.0 cm³/mol. The smallest absolute Gasteiger partial charge is 0.0659 e. The summed E-state index contributed by atoms with van der Waals surface area (Å²) in [6.45, 7) is 6.83. The van der Waals surface area contributed by atoms with Crippen LogP contribution in [-0.2, 0) is 6.42 Å². The predicted octanol–water partition coefficient (Wildman–Crippen LogP) is 4.24. The lowest BCUT2D eigenvalue weighted by atomic mass is 9.46. The van der Waals surface area contributed by atoms with Gasteiger partial charge < -0.3 is 10.4 Å². The van der Waals surface area contributed by atoms with Gasteiger partial charge in [-0.05, 0) is 88.5 Å². The number of hydrogen-bond donors (Lipinski definition) is 2. The molecule has 0 spiro atoms. The molecule has 4 aliphatic carbocycles. The van der Waals surface area contributed by atoms with Crippen molar-refractivity contribution < 1.29 is 5.11 Å². The van der Waals surface area contributed by atoms with Crippen LogP contribution in [0.4, 0.5) is 0 Å². The first-order valence-electron chi connectivity index (χ1n) is 9.90. The molecule has 2 unspecified atom stereocenters. The van der Waals surface area contributed by atoms with Gasteiger partial charge in [-0.3, -0.25) is 0 Å². The van der Waals surface area contributed by atoms with Crippen LogP contribution in [-0.4, -0.2) is 22.8 Å². The highest BCUT2D eigenvalue weighted by Gasteiger charge is 2.58. The number of rotatable bonds is 5. The number of aryl methyl sites for hydroxylation is 1. The second-order valence-electron chi connectivity index (χ2n) is 9.53. The quantitative estimate of drug-likeness (QED) is 0.848. The Morgan fingerprint density at radius 3 is 2.29 bits per heavy atom. The van der Waals surface area contributed by atoms with Crippen molar-refractivity contribution in [3.8, 4) is 0 Å². The van der Waals surface area contributed by atoms with Gasteiger partial charge in [0.15, 0.2) is 0 Å². The topological polar surface area (TPSA) is 32.3 Å². The highest BCUT2D eigenvalue weighted by molar-refractivity contribution is 5.22. The van der Waals surface area contributed by atoms with Crippen LogP contribution in [0.15, 0.2) is 24.3 Å². The van der Waals surface area contributed by atoms with E-state index in [2.05, 4.69) is 50.4 Å². The molecule has 0 heterocycles. The van der Waals surface area contributed by atoms with Gasteiger partial charge in [-0.15, -0.1) is 0 Å². The van der Waals surface area contributed by atoms with Crippen molar-refractivity contribution in [3.63, 3.8) is 0 Å². The molecule has 4 saturated carbocycles. The van der Waals surface area contributed by atoms with Gasteiger partial charge in [-0.25, -0.2) is 0 Å². The van der Waals surface area contributed by atoms with Gasteiger partial charge in [-0.2, -0.15) is 0 Å². The molecule has 2 heteroatoms. The molecule has 4 bridgehead atoms. The fourth-order valence-corrected chi connectivity index (χ4v) is 6.53. The maximum Gasteiger partial charge on any atom is 0.0659 e. The van der Waals surface area contributed by atoms with Crippen LogP contribution in [0.2, 0.25) is 0 Å². The van der Waals surface area contributed by atoms with Crippen molar-refractivity contribution in [1.29, 1.82) is 0 Å². The minimum Gasteiger partial charge on any atom is -0.390 e. The average molecular weight is 328 g/mol. The van der Waals surface area contributed by atoms with Gasteiger partial charge >= 0.3 is 0 Å². The zero-order valence-corrected chi connectivity index (χ0v) is 15.5. The Hall–Kier alpha value is -0.860. The van der Waals surface area contributed by atoms with E-state index in [1.807, 2.05) is 0 Å². The Bertz CT molecular complexity index is 578. The van der Waals surface area contributed by atoms with E-state index in [1.165, 1.54) is 30.4 Å². The Morgan fingerprint density at radius 2 is 1.71 bits per heavy atom. The molecule has 0 saturated heterocycles. The Balaban J connectivity index is 1.42. The van der Waals surface area contributed by atoms with Crippen molar-refractivity contribution in [2.75, 3.05) is 0 Å². The maximum atomic E-state index is 11.0. The van der Waals surface area contributed by atoms with Crippen molar-refractivity contribution in [2.45, 2.75) is 83.4 Å². The average Bonchev–Trinajstić information content (AvgIpc) is 2.47. The van der Waals surface area contributed by atoms with Gasteiger partial charge in [0.05, 0.1) is 5.60 Å². The second kappa shape index (κ2) is 5.85. The summed E-state index contributed by atoms with van der Waals surface area (Å²) in [5.41, 5.74) is 2.73. The Morgan fingerprint density at radius 1 is 1.08 bits per heavy atom. The van der Waals surface area contributed by atoms with Gasteiger partial charge in [0, 0.05) is 12.1 Å². The Labute approximate surface area is 147 Å². The highest BCUT2D eigenvalue weighted by atomic mass is 16.3. The number of benzene rings is 1. The molecule has 6 atom stereocenters. The first kappa shape index (κ1) is 16.6. The third kappa shape index (κ3) is 3.04. The summed E-state index contributed by atoms with van der Waals surface area (Å²) in [5.74, 6) is 1.54. The fourth-order valence-electron chi connectivity index (χ4n) is 6.53. The molecule has 0 amide bonds. The van der Waals surface area contributed by atoms with Crippen LogP contribution in [0.25, 0.3) is 0 Å². The van der Waals surface area contributed by atoms with Crippen LogP contribution < -0.4 is 5.32 Å². The van der Waals surface area contributed by atoms with Gasteiger partial charge in [-0.1, -0.05) is 29.8 Å². The van der Waals surface area contributed by atoms with E-state index in [1.54, 1.807) is 0 Å². The summed E-state index contributed by atoms with van der Waals surface area (Å²) >= 11 is 0.